The first-order chi connectivity index (χ1) is 13.4. The van der Waals surface area contributed by atoms with E-state index in [-0.39, 0.29) is 0 Å². The number of nitrogens with one attached hydrogen (secondary N) is 1. The van der Waals surface area contributed by atoms with Crippen LogP contribution in [0.2, 0.25) is 0 Å². The van der Waals surface area contributed by atoms with E-state index in [1.807, 2.05) is 18.2 Å². The van der Waals surface area contributed by atoms with Crippen molar-refractivity contribution < 1.29 is 9.59 Å². The van der Waals surface area contributed by atoms with E-state index in [0.29, 0.717) is 17.2 Å². The van der Waals surface area contributed by atoms with E-state index in [0.717, 1.165) is 17.5 Å². The summed E-state index contributed by atoms with van der Waals surface area (Å²) in [6.45, 7) is 4.34. The Morgan fingerprint density at radius 1 is 1.14 bits per heavy atom. The van der Waals surface area contributed by atoms with Crippen molar-refractivity contribution in [2.24, 2.45) is 17.6 Å². The normalized spacial score (nSPS) is 18.9. The van der Waals surface area contributed by atoms with Crippen molar-refractivity contribution in [1.29, 1.82) is 5.26 Å². The summed E-state index contributed by atoms with van der Waals surface area (Å²) >= 11 is 0. The summed E-state index contributed by atoms with van der Waals surface area (Å²) in [5, 5.41) is 11.8. The lowest BCUT2D eigenvalue weighted by atomic mass is 9.81. The van der Waals surface area contributed by atoms with Gasteiger partial charge in [-0.3, -0.25) is 9.59 Å². The molecule has 28 heavy (non-hydrogen) atoms. The first-order valence-corrected chi connectivity index (χ1v) is 9.30. The first-order valence-electron chi connectivity index (χ1n) is 9.30. The maximum Gasteiger partial charge on any atom is 0.237 e. The third-order valence-electron chi connectivity index (χ3n) is 4.89. The van der Waals surface area contributed by atoms with Crippen molar-refractivity contribution in [3.8, 4) is 6.07 Å². The van der Waals surface area contributed by atoms with E-state index in [2.05, 4.69) is 37.4 Å². The molecule has 142 valence electrons. The van der Waals surface area contributed by atoms with Gasteiger partial charge in [0.05, 0.1) is 11.6 Å². The molecule has 2 aromatic rings. The van der Waals surface area contributed by atoms with E-state index >= 15 is 0 Å². The largest absolute Gasteiger partial charge is 0.369 e. The summed E-state index contributed by atoms with van der Waals surface area (Å²) in [6.07, 6.45) is 2.86. The molecular weight excluding hydrogens is 350 g/mol. The molecule has 5 heteroatoms. The summed E-state index contributed by atoms with van der Waals surface area (Å²) in [4.78, 5) is 24.6. The van der Waals surface area contributed by atoms with Crippen molar-refractivity contribution in [2.45, 2.75) is 26.2 Å². The van der Waals surface area contributed by atoms with Crippen molar-refractivity contribution in [3.05, 3.63) is 76.9 Å². The molecule has 0 saturated heterocycles. The second-order valence-corrected chi connectivity index (χ2v) is 7.50. The number of rotatable bonds is 5. The van der Waals surface area contributed by atoms with Gasteiger partial charge in [-0.25, -0.2) is 0 Å². The Morgan fingerprint density at radius 2 is 1.79 bits per heavy atom. The SMILES string of the molecule is CC(C)Cc1ccc(C2=C[C@H](c3ccc(C#N)cc3)[C@@H](C(N)=O)C(=O)N2)cc1. The molecule has 0 aliphatic carbocycles. The fourth-order valence-corrected chi connectivity index (χ4v) is 3.53. The monoisotopic (exact) mass is 373 g/mol. The maximum atomic E-state index is 12.6. The van der Waals surface area contributed by atoms with Gasteiger partial charge in [-0.05, 0) is 41.2 Å². The molecule has 1 aliphatic heterocycles. The predicted octanol–water partition coefficient (Wildman–Crippen LogP) is 3.11. The van der Waals surface area contributed by atoms with Crippen molar-refractivity contribution >= 4 is 17.5 Å². The molecule has 0 fully saturated rings. The van der Waals surface area contributed by atoms with Gasteiger partial charge in [0.2, 0.25) is 11.8 Å². The Bertz CT molecular complexity index is 951. The van der Waals surface area contributed by atoms with Gasteiger partial charge in [0, 0.05) is 11.6 Å². The number of nitrogens with zero attached hydrogens (tertiary/aromatic N) is 1. The molecule has 0 bridgehead atoms. The van der Waals surface area contributed by atoms with Crippen LogP contribution in [0, 0.1) is 23.2 Å². The fourth-order valence-electron chi connectivity index (χ4n) is 3.53. The van der Waals surface area contributed by atoms with Gasteiger partial charge in [0.1, 0.15) is 5.92 Å². The quantitative estimate of drug-likeness (QED) is 0.788. The highest BCUT2D eigenvalue weighted by atomic mass is 16.2. The molecule has 2 aromatic carbocycles. The van der Waals surface area contributed by atoms with Crippen LogP contribution in [0.1, 0.15) is 42.0 Å². The van der Waals surface area contributed by atoms with Gasteiger partial charge < -0.3 is 11.1 Å². The molecule has 1 heterocycles. The lowest BCUT2D eigenvalue weighted by Crippen LogP contribution is -2.44. The molecule has 2 amide bonds. The van der Waals surface area contributed by atoms with Gasteiger partial charge in [0.15, 0.2) is 0 Å². The Hall–Kier alpha value is -3.39. The van der Waals surface area contributed by atoms with Crippen LogP contribution in [-0.2, 0) is 16.0 Å². The van der Waals surface area contributed by atoms with E-state index in [9.17, 15) is 9.59 Å². The molecule has 5 nitrogen and oxygen atoms in total. The van der Waals surface area contributed by atoms with Crippen molar-refractivity contribution in [1.82, 2.24) is 5.32 Å². The number of allylic oxidation sites excluding steroid dienone is 1. The average molecular weight is 373 g/mol. The number of carbonyl (C=O) groups is 2. The highest BCUT2D eigenvalue weighted by molar-refractivity contribution is 6.05. The second kappa shape index (κ2) is 8.10. The van der Waals surface area contributed by atoms with Crippen molar-refractivity contribution in [3.63, 3.8) is 0 Å². The summed E-state index contributed by atoms with van der Waals surface area (Å²) in [7, 11) is 0. The number of hydrogen-bond donors (Lipinski definition) is 2. The lowest BCUT2D eigenvalue weighted by molar-refractivity contribution is -0.133. The number of nitriles is 1. The van der Waals surface area contributed by atoms with Crippen LogP contribution >= 0.6 is 0 Å². The number of primary amides is 1. The van der Waals surface area contributed by atoms with E-state index in [4.69, 9.17) is 11.0 Å². The van der Waals surface area contributed by atoms with Crippen LogP contribution in [0.15, 0.2) is 54.6 Å². The molecule has 0 aromatic heterocycles. The topological polar surface area (TPSA) is 96.0 Å². The number of carbonyl (C=O) groups excluding carboxylic acids is 2. The van der Waals surface area contributed by atoms with Gasteiger partial charge in [0.25, 0.3) is 0 Å². The van der Waals surface area contributed by atoms with Gasteiger partial charge in [-0.2, -0.15) is 5.26 Å². The number of nitrogens with two attached hydrogens (primary N) is 1. The van der Waals surface area contributed by atoms with Gasteiger partial charge >= 0.3 is 0 Å². The van der Waals surface area contributed by atoms with Crippen LogP contribution in [0.25, 0.3) is 5.70 Å². The van der Waals surface area contributed by atoms with E-state index < -0.39 is 23.7 Å². The zero-order valence-corrected chi connectivity index (χ0v) is 16.0. The standard InChI is InChI=1S/C23H23N3O2/c1-14(2)11-15-3-9-18(10-4-15)20-12-19(21(22(25)27)23(28)26-20)17-7-5-16(13-24)6-8-17/h3-10,12,14,19,21H,11H2,1-2H3,(H2,25,27)(H,26,28)/t19-,21+/m1/s1. The minimum absolute atomic E-state index is 0.411. The van der Waals surface area contributed by atoms with Crippen LogP contribution in [0.4, 0.5) is 0 Å². The Kier molecular flexibility index (Phi) is 5.60. The maximum absolute atomic E-state index is 12.6. The Labute approximate surface area is 164 Å². The summed E-state index contributed by atoms with van der Waals surface area (Å²) in [5.41, 5.74) is 9.57. The van der Waals surface area contributed by atoms with Crippen LogP contribution < -0.4 is 11.1 Å². The second-order valence-electron chi connectivity index (χ2n) is 7.50. The summed E-state index contributed by atoms with van der Waals surface area (Å²) in [6, 6.07) is 17.0. The molecule has 1 aliphatic rings. The molecule has 0 unspecified atom stereocenters. The minimum atomic E-state index is -0.989. The first kappa shape index (κ1) is 19.4. The zero-order valence-electron chi connectivity index (χ0n) is 16.0. The smallest absolute Gasteiger partial charge is 0.237 e. The molecular formula is C23H23N3O2. The third kappa shape index (κ3) is 4.12. The van der Waals surface area contributed by atoms with Crippen LogP contribution in [-0.4, -0.2) is 11.8 Å². The number of benzene rings is 2. The predicted molar refractivity (Wildman–Crippen MR) is 108 cm³/mol. The number of hydrogen-bond acceptors (Lipinski definition) is 3. The third-order valence-corrected chi connectivity index (χ3v) is 4.89. The molecule has 0 radical (unpaired) electrons. The highest BCUT2D eigenvalue weighted by Crippen LogP contribution is 2.33. The minimum Gasteiger partial charge on any atom is -0.369 e. The molecule has 2 atom stereocenters. The summed E-state index contributed by atoms with van der Waals surface area (Å²) in [5.74, 6) is -1.99. The fraction of sp³-hybridized carbons (Fsp3) is 0.261. The van der Waals surface area contributed by atoms with Gasteiger partial charge in [-0.15, -0.1) is 0 Å². The van der Waals surface area contributed by atoms with Gasteiger partial charge in [-0.1, -0.05) is 56.3 Å². The molecule has 3 rings (SSSR count). The van der Waals surface area contributed by atoms with E-state index in [1.165, 1.54) is 5.56 Å². The number of amides is 2. The average Bonchev–Trinajstić information content (AvgIpc) is 2.67. The molecule has 0 saturated carbocycles. The van der Waals surface area contributed by atoms with E-state index in [1.54, 1.807) is 24.3 Å². The molecule has 0 spiro atoms. The Morgan fingerprint density at radius 3 is 2.32 bits per heavy atom. The highest BCUT2D eigenvalue weighted by Gasteiger charge is 2.37. The lowest BCUT2D eigenvalue weighted by Gasteiger charge is -2.28. The molecule has 3 N–H and O–H groups in total. The Balaban J connectivity index is 1.98. The zero-order chi connectivity index (χ0) is 20.3. The summed E-state index contributed by atoms with van der Waals surface area (Å²) < 4.78 is 0. The van der Waals surface area contributed by atoms with Crippen molar-refractivity contribution in [2.75, 3.05) is 0 Å². The van der Waals surface area contributed by atoms with Crippen LogP contribution in [0.5, 0.6) is 0 Å². The van der Waals surface area contributed by atoms with Crippen LogP contribution in [0.3, 0.4) is 0 Å².